The van der Waals surface area contributed by atoms with Crippen molar-refractivity contribution in [3.8, 4) is 0 Å². The van der Waals surface area contributed by atoms with E-state index in [1.54, 1.807) is 0 Å². The van der Waals surface area contributed by atoms with Crippen LogP contribution in [0.4, 0.5) is 43.9 Å². The first-order valence-electron chi connectivity index (χ1n) is 5.60. The van der Waals surface area contributed by atoms with Crippen LogP contribution in [0.15, 0.2) is 0 Å². The number of alkyl halides is 10. The summed E-state index contributed by atoms with van der Waals surface area (Å²) in [4.78, 5) is 0. The van der Waals surface area contributed by atoms with E-state index in [2.05, 4.69) is 4.74 Å². The van der Waals surface area contributed by atoms with Gasteiger partial charge in [-0.3, -0.25) is 9.13 Å². The molecule has 1 rings (SSSR count). The van der Waals surface area contributed by atoms with Gasteiger partial charge in [0.2, 0.25) is 0 Å². The Morgan fingerprint density at radius 3 is 1.62 bits per heavy atom. The van der Waals surface area contributed by atoms with Crippen molar-refractivity contribution in [2.75, 3.05) is 6.67 Å². The van der Waals surface area contributed by atoms with Crippen LogP contribution in [0.3, 0.4) is 0 Å². The zero-order valence-electron chi connectivity index (χ0n) is 10.8. The van der Waals surface area contributed by atoms with Crippen LogP contribution in [0.5, 0.6) is 0 Å². The van der Waals surface area contributed by atoms with Crippen molar-refractivity contribution in [2.24, 2.45) is 0 Å². The van der Waals surface area contributed by atoms with Gasteiger partial charge < -0.3 is 0 Å². The molecule has 0 spiro atoms. The SMILES string of the molecule is CCC1(F)CC(F)(F)OC(F)(F)C1(F)C(F)(F)F.CCF. The fourth-order valence-electron chi connectivity index (χ4n) is 1.79. The van der Waals surface area contributed by atoms with Gasteiger partial charge in [0.1, 0.15) is 0 Å². The van der Waals surface area contributed by atoms with Crippen LogP contribution in [0.25, 0.3) is 0 Å². The molecule has 1 heterocycles. The highest BCUT2D eigenvalue weighted by Crippen LogP contribution is 2.61. The van der Waals surface area contributed by atoms with E-state index in [9.17, 15) is 43.9 Å². The highest BCUT2D eigenvalue weighted by atomic mass is 19.4. The van der Waals surface area contributed by atoms with Gasteiger partial charge in [-0.2, -0.15) is 30.7 Å². The van der Waals surface area contributed by atoms with Crippen LogP contribution in [0, 0.1) is 0 Å². The molecule has 0 aromatic rings. The molecule has 0 saturated carbocycles. The van der Waals surface area contributed by atoms with Gasteiger partial charge >= 0.3 is 24.1 Å². The molecule has 0 radical (unpaired) electrons. The van der Waals surface area contributed by atoms with Gasteiger partial charge in [0.05, 0.1) is 13.1 Å². The number of rotatable bonds is 1. The first-order valence-corrected chi connectivity index (χ1v) is 5.60. The minimum atomic E-state index is -6.40. The minimum Gasteiger partial charge on any atom is -0.252 e. The predicted octanol–water partition coefficient (Wildman–Crippen LogP) is 4.96. The molecule has 0 aromatic heterocycles. The molecular formula is C10H12F10O. The highest BCUT2D eigenvalue weighted by molar-refractivity contribution is 5.13. The zero-order valence-corrected chi connectivity index (χ0v) is 10.8. The number of halogens is 10. The monoisotopic (exact) mass is 338 g/mol. The Morgan fingerprint density at radius 1 is 0.952 bits per heavy atom. The van der Waals surface area contributed by atoms with Crippen LogP contribution >= 0.6 is 0 Å². The molecule has 2 atom stereocenters. The summed E-state index contributed by atoms with van der Waals surface area (Å²) in [7, 11) is 0. The van der Waals surface area contributed by atoms with Crippen LogP contribution < -0.4 is 0 Å². The van der Waals surface area contributed by atoms with Crippen LogP contribution in [-0.2, 0) is 4.74 Å². The fraction of sp³-hybridized carbons (Fsp3) is 1.00. The van der Waals surface area contributed by atoms with Gasteiger partial charge in [-0.15, -0.1) is 0 Å². The second-order valence-electron chi connectivity index (χ2n) is 4.18. The Labute approximate surface area is 113 Å². The second kappa shape index (κ2) is 5.81. The standard InChI is InChI=1S/C8H7F9O.C2H5F/c1-2-4(9)3-5(10,11)18-8(16,17)6(4,12)7(13,14)15;1-2-3/h2-3H2,1H3;2H2,1H3. The Hall–Kier alpha value is -0.740. The van der Waals surface area contributed by atoms with Crippen molar-refractivity contribution in [1.29, 1.82) is 0 Å². The maximum Gasteiger partial charge on any atom is 0.434 e. The van der Waals surface area contributed by atoms with Crippen molar-refractivity contribution in [3.05, 3.63) is 0 Å². The number of hydrogen-bond donors (Lipinski definition) is 0. The van der Waals surface area contributed by atoms with Crippen LogP contribution in [0.2, 0.25) is 0 Å². The molecule has 1 aliphatic heterocycles. The summed E-state index contributed by atoms with van der Waals surface area (Å²) in [6.45, 7) is 1.76. The molecule has 1 aliphatic rings. The lowest BCUT2D eigenvalue weighted by Crippen LogP contribution is -2.73. The largest absolute Gasteiger partial charge is 0.434 e. The van der Waals surface area contributed by atoms with Gasteiger partial charge in [0, 0.05) is 0 Å². The Bertz CT molecular complexity index is 354. The summed E-state index contributed by atoms with van der Waals surface area (Å²) in [6, 6.07) is 0. The summed E-state index contributed by atoms with van der Waals surface area (Å²) in [5.41, 5.74) is -10.3. The van der Waals surface area contributed by atoms with E-state index in [0.717, 1.165) is 0 Å². The van der Waals surface area contributed by atoms with Gasteiger partial charge in [-0.05, 0) is 13.3 Å². The Kier molecular flexibility index (Phi) is 5.60. The first-order chi connectivity index (χ1) is 9.14. The average Bonchev–Trinajstić information content (AvgIpc) is 2.23. The predicted molar refractivity (Wildman–Crippen MR) is 51.3 cm³/mol. The molecule has 128 valence electrons. The van der Waals surface area contributed by atoms with Gasteiger partial charge in [-0.25, -0.2) is 8.78 Å². The minimum absolute atomic E-state index is 0.250. The molecular weight excluding hydrogens is 326 g/mol. The van der Waals surface area contributed by atoms with Gasteiger partial charge in [0.15, 0.2) is 5.67 Å². The lowest BCUT2D eigenvalue weighted by Gasteiger charge is -2.48. The van der Waals surface area contributed by atoms with E-state index < -0.39 is 42.6 Å². The van der Waals surface area contributed by atoms with E-state index >= 15 is 0 Å². The molecule has 0 amide bonds. The maximum atomic E-state index is 13.7. The number of hydrogen-bond acceptors (Lipinski definition) is 1. The van der Waals surface area contributed by atoms with E-state index in [0.29, 0.717) is 6.92 Å². The van der Waals surface area contributed by atoms with E-state index in [1.165, 1.54) is 6.92 Å². The van der Waals surface area contributed by atoms with E-state index in [1.807, 2.05) is 0 Å². The molecule has 0 N–H and O–H groups in total. The van der Waals surface area contributed by atoms with Crippen LogP contribution in [0.1, 0.15) is 26.7 Å². The van der Waals surface area contributed by atoms with Gasteiger partial charge in [0.25, 0.3) is 0 Å². The first kappa shape index (κ1) is 20.3. The molecule has 1 fully saturated rings. The Balaban J connectivity index is 0.00000122. The second-order valence-corrected chi connectivity index (χ2v) is 4.18. The zero-order chi connectivity index (χ0) is 17.3. The highest BCUT2D eigenvalue weighted by Gasteiger charge is 2.86. The summed E-state index contributed by atoms with van der Waals surface area (Å²) in [5.74, 6) is 0. The fourth-order valence-corrected chi connectivity index (χ4v) is 1.79. The van der Waals surface area contributed by atoms with Crippen molar-refractivity contribution in [2.45, 2.75) is 56.4 Å². The molecule has 11 heteroatoms. The van der Waals surface area contributed by atoms with Crippen molar-refractivity contribution in [3.63, 3.8) is 0 Å². The maximum absolute atomic E-state index is 13.7. The van der Waals surface area contributed by atoms with Gasteiger partial charge in [-0.1, -0.05) is 6.92 Å². The molecule has 21 heavy (non-hydrogen) atoms. The van der Waals surface area contributed by atoms with Crippen molar-refractivity contribution >= 4 is 0 Å². The van der Waals surface area contributed by atoms with E-state index in [4.69, 9.17) is 0 Å². The van der Waals surface area contributed by atoms with Crippen LogP contribution in [-0.4, -0.2) is 36.4 Å². The Morgan fingerprint density at radius 2 is 1.33 bits per heavy atom. The lowest BCUT2D eigenvalue weighted by atomic mass is 9.77. The average molecular weight is 338 g/mol. The third-order valence-corrected chi connectivity index (χ3v) is 2.73. The molecule has 0 bridgehead atoms. The lowest BCUT2D eigenvalue weighted by molar-refractivity contribution is -0.497. The summed E-state index contributed by atoms with van der Waals surface area (Å²) < 4.78 is 128. The third kappa shape index (κ3) is 3.37. The van der Waals surface area contributed by atoms with E-state index in [-0.39, 0.29) is 6.67 Å². The topological polar surface area (TPSA) is 9.23 Å². The summed E-state index contributed by atoms with van der Waals surface area (Å²) >= 11 is 0. The third-order valence-electron chi connectivity index (χ3n) is 2.73. The summed E-state index contributed by atoms with van der Waals surface area (Å²) in [6.07, 6.45) is -21.3. The number of ether oxygens (including phenoxy) is 1. The molecule has 0 aliphatic carbocycles. The normalized spacial score (nSPS) is 34.9. The quantitative estimate of drug-likeness (QED) is 0.614. The summed E-state index contributed by atoms with van der Waals surface area (Å²) in [5, 5.41) is 0. The molecule has 0 aromatic carbocycles. The molecule has 2 unspecified atom stereocenters. The molecule has 1 saturated heterocycles. The molecule has 1 nitrogen and oxygen atoms in total. The van der Waals surface area contributed by atoms with Crippen molar-refractivity contribution in [1.82, 2.24) is 0 Å². The van der Waals surface area contributed by atoms with Crippen molar-refractivity contribution < 1.29 is 48.6 Å². The smallest absolute Gasteiger partial charge is 0.252 e.